The van der Waals surface area contributed by atoms with E-state index < -0.39 is 0 Å². The molecule has 0 amide bonds. The second kappa shape index (κ2) is 8.57. The van der Waals surface area contributed by atoms with E-state index in [9.17, 15) is 4.79 Å². The van der Waals surface area contributed by atoms with E-state index in [1.807, 2.05) is 12.1 Å². The fourth-order valence-electron chi connectivity index (χ4n) is 1.78. The Balaban J connectivity index is 2.74. The molecular formula is C16H24O3. The molecular weight excluding hydrogens is 240 g/mol. The predicted octanol–water partition coefficient (Wildman–Crippen LogP) is 4.10. The summed E-state index contributed by atoms with van der Waals surface area (Å²) in [6.07, 6.45) is 3.95. The number of hydrogen-bond donors (Lipinski definition) is 0. The molecule has 0 saturated carbocycles. The lowest BCUT2D eigenvalue weighted by molar-refractivity contribution is 0.111. The van der Waals surface area contributed by atoms with E-state index in [4.69, 9.17) is 9.47 Å². The van der Waals surface area contributed by atoms with Gasteiger partial charge in [-0.3, -0.25) is 4.79 Å². The number of aldehydes is 1. The molecule has 0 spiro atoms. The molecule has 0 bridgehead atoms. The third-order valence-electron chi connectivity index (χ3n) is 3.21. The Morgan fingerprint density at radius 1 is 1.16 bits per heavy atom. The third kappa shape index (κ3) is 4.93. The van der Waals surface area contributed by atoms with Crippen molar-refractivity contribution < 1.29 is 14.3 Å². The lowest BCUT2D eigenvalue weighted by Gasteiger charge is -2.15. The highest BCUT2D eigenvalue weighted by molar-refractivity contribution is 5.79. The summed E-state index contributed by atoms with van der Waals surface area (Å²) in [5.74, 6) is 1.90. The summed E-state index contributed by atoms with van der Waals surface area (Å²) >= 11 is 0. The summed E-state index contributed by atoms with van der Waals surface area (Å²) in [5.41, 5.74) is 0.579. The van der Waals surface area contributed by atoms with Crippen molar-refractivity contribution >= 4 is 6.29 Å². The summed E-state index contributed by atoms with van der Waals surface area (Å²) < 4.78 is 11.3. The number of hydrogen-bond acceptors (Lipinski definition) is 3. The minimum absolute atomic E-state index is 0.528. The molecule has 0 aliphatic heterocycles. The average Bonchev–Trinajstić information content (AvgIpc) is 2.46. The van der Waals surface area contributed by atoms with E-state index in [0.717, 1.165) is 31.3 Å². The zero-order chi connectivity index (χ0) is 14.1. The normalized spacial score (nSPS) is 10.5. The Bertz CT molecular complexity index is 384. The van der Waals surface area contributed by atoms with Crippen molar-refractivity contribution in [1.29, 1.82) is 0 Å². The van der Waals surface area contributed by atoms with Gasteiger partial charge in [0.25, 0.3) is 0 Å². The first kappa shape index (κ1) is 15.5. The molecule has 1 rings (SSSR count). The minimum Gasteiger partial charge on any atom is -0.493 e. The van der Waals surface area contributed by atoms with Crippen LogP contribution in [0.2, 0.25) is 0 Å². The van der Waals surface area contributed by atoms with E-state index in [1.54, 1.807) is 6.07 Å². The molecule has 19 heavy (non-hydrogen) atoms. The van der Waals surface area contributed by atoms with E-state index >= 15 is 0 Å². The smallest absolute Gasteiger partial charge is 0.153 e. The van der Waals surface area contributed by atoms with Gasteiger partial charge in [0.05, 0.1) is 18.8 Å². The Morgan fingerprint density at radius 2 is 1.89 bits per heavy atom. The van der Waals surface area contributed by atoms with E-state index in [1.165, 1.54) is 0 Å². The van der Waals surface area contributed by atoms with E-state index in [2.05, 4.69) is 20.8 Å². The highest BCUT2D eigenvalue weighted by Crippen LogP contribution is 2.25. The summed E-state index contributed by atoms with van der Waals surface area (Å²) in [4.78, 5) is 11.0. The molecule has 106 valence electrons. The Kier molecular flexibility index (Phi) is 7.01. The van der Waals surface area contributed by atoms with Gasteiger partial charge >= 0.3 is 0 Å². The van der Waals surface area contributed by atoms with Crippen molar-refractivity contribution in [2.24, 2.45) is 5.92 Å². The lowest BCUT2D eigenvalue weighted by Crippen LogP contribution is -2.11. The van der Waals surface area contributed by atoms with Crippen LogP contribution in [0.1, 0.15) is 50.4 Å². The molecule has 3 heteroatoms. The van der Waals surface area contributed by atoms with Gasteiger partial charge in [0, 0.05) is 6.07 Å². The van der Waals surface area contributed by atoms with Crippen LogP contribution in [0.15, 0.2) is 18.2 Å². The molecule has 0 aliphatic rings. The monoisotopic (exact) mass is 264 g/mol. The Labute approximate surface area is 115 Å². The standard InChI is InChI=1S/C16H24O3/c1-4-9-18-15-8-7-14(11-17)16(10-15)19-12-13(5-2)6-3/h7-8,10-11,13H,4-6,9,12H2,1-3H3. The van der Waals surface area contributed by atoms with Crippen molar-refractivity contribution in [3.8, 4) is 11.5 Å². The number of benzene rings is 1. The number of ether oxygens (including phenoxy) is 2. The zero-order valence-electron chi connectivity index (χ0n) is 12.1. The van der Waals surface area contributed by atoms with Gasteiger partial charge in [-0.05, 0) is 24.5 Å². The highest BCUT2D eigenvalue weighted by atomic mass is 16.5. The molecule has 1 aromatic rings. The van der Waals surface area contributed by atoms with Crippen LogP contribution in [0.5, 0.6) is 11.5 Å². The van der Waals surface area contributed by atoms with Crippen LogP contribution in [-0.4, -0.2) is 19.5 Å². The maximum atomic E-state index is 11.0. The van der Waals surface area contributed by atoms with Crippen LogP contribution < -0.4 is 9.47 Å². The number of carbonyl (C=O) groups is 1. The lowest BCUT2D eigenvalue weighted by atomic mass is 10.1. The third-order valence-corrected chi connectivity index (χ3v) is 3.21. The van der Waals surface area contributed by atoms with Crippen molar-refractivity contribution in [3.63, 3.8) is 0 Å². The fraction of sp³-hybridized carbons (Fsp3) is 0.562. The van der Waals surface area contributed by atoms with Gasteiger partial charge in [-0.1, -0.05) is 33.6 Å². The van der Waals surface area contributed by atoms with Crippen LogP contribution in [0.4, 0.5) is 0 Å². The SMILES string of the molecule is CCCOc1ccc(C=O)c(OCC(CC)CC)c1. The predicted molar refractivity (Wildman–Crippen MR) is 77.2 cm³/mol. The largest absolute Gasteiger partial charge is 0.493 e. The fourth-order valence-corrected chi connectivity index (χ4v) is 1.78. The van der Waals surface area contributed by atoms with E-state index in [-0.39, 0.29) is 0 Å². The van der Waals surface area contributed by atoms with Crippen molar-refractivity contribution in [2.45, 2.75) is 40.0 Å². The highest BCUT2D eigenvalue weighted by Gasteiger charge is 2.09. The van der Waals surface area contributed by atoms with Crippen LogP contribution in [0.25, 0.3) is 0 Å². The Hall–Kier alpha value is -1.51. The first-order valence-electron chi connectivity index (χ1n) is 7.09. The molecule has 0 N–H and O–H groups in total. The molecule has 1 aromatic carbocycles. The molecule has 0 aromatic heterocycles. The quantitative estimate of drug-likeness (QED) is 0.630. The van der Waals surface area contributed by atoms with Gasteiger partial charge in [0.1, 0.15) is 11.5 Å². The first-order valence-corrected chi connectivity index (χ1v) is 7.09. The second-order valence-electron chi connectivity index (χ2n) is 4.66. The first-order chi connectivity index (χ1) is 9.24. The van der Waals surface area contributed by atoms with Gasteiger partial charge < -0.3 is 9.47 Å². The molecule has 3 nitrogen and oxygen atoms in total. The molecule has 0 unspecified atom stereocenters. The number of rotatable bonds is 9. The van der Waals surface area contributed by atoms with Gasteiger partial charge in [-0.15, -0.1) is 0 Å². The molecule has 0 atom stereocenters. The maximum absolute atomic E-state index is 11.0. The second-order valence-corrected chi connectivity index (χ2v) is 4.66. The molecule has 0 saturated heterocycles. The van der Waals surface area contributed by atoms with Crippen LogP contribution in [-0.2, 0) is 0 Å². The topological polar surface area (TPSA) is 35.5 Å². The summed E-state index contributed by atoms with van der Waals surface area (Å²) in [6, 6.07) is 5.37. The Morgan fingerprint density at radius 3 is 2.47 bits per heavy atom. The molecule has 0 aliphatic carbocycles. The van der Waals surface area contributed by atoms with Gasteiger partial charge in [0.2, 0.25) is 0 Å². The summed E-state index contributed by atoms with van der Waals surface area (Å²) in [7, 11) is 0. The molecule has 0 fully saturated rings. The van der Waals surface area contributed by atoms with Gasteiger partial charge in [0.15, 0.2) is 6.29 Å². The van der Waals surface area contributed by atoms with Gasteiger partial charge in [-0.25, -0.2) is 0 Å². The summed E-state index contributed by atoms with van der Waals surface area (Å²) in [5, 5.41) is 0. The van der Waals surface area contributed by atoms with Gasteiger partial charge in [-0.2, -0.15) is 0 Å². The minimum atomic E-state index is 0.528. The van der Waals surface area contributed by atoms with Crippen molar-refractivity contribution in [1.82, 2.24) is 0 Å². The zero-order valence-corrected chi connectivity index (χ0v) is 12.1. The van der Waals surface area contributed by atoms with Crippen LogP contribution in [0, 0.1) is 5.92 Å². The molecule has 0 heterocycles. The van der Waals surface area contributed by atoms with Crippen LogP contribution >= 0.6 is 0 Å². The van der Waals surface area contributed by atoms with Crippen LogP contribution in [0.3, 0.4) is 0 Å². The van der Waals surface area contributed by atoms with Crippen molar-refractivity contribution in [3.05, 3.63) is 23.8 Å². The summed E-state index contributed by atoms with van der Waals surface area (Å²) in [6.45, 7) is 7.68. The average molecular weight is 264 g/mol. The number of carbonyl (C=O) groups excluding carboxylic acids is 1. The van der Waals surface area contributed by atoms with Crippen molar-refractivity contribution in [2.75, 3.05) is 13.2 Å². The molecule has 0 radical (unpaired) electrons. The van der Waals surface area contributed by atoms with E-state index in [0.29, 0.717) is 30.4 Å². The maximum Gasteiger partial charge on any atom is 0.153 e.